The second-order valence-electron chi connectivity index (χ2n) is 5.60. The maximum atomic E-state index is 11.9. The van der Waals surface area contributed by atoms with E-state index in [9.17, 15) is 9.59 Å². The van der Waals surface area contributed by atoms with E-state index >= 15 is 0 Å². The number of carbonyl (C=O) groups is 2. The molecule has 1 N–H and O–H groups in total. The van der Waals surface area contributed by atoms with E-state index in [1.165, 1.54) is 0 Å². The van der Waals surface area contributed by atoms with Crippen LogP contribution in [0.1, 0.15) is 39.5 Å². The van der Waals surface area contributed by atoms with Crippen LogP contribution in [0, 0.1) is 5.92 Å². The molecule has 5 nitrogen and oxygen atoms in total. The average Bonchev–Trinajstić information content (AvgIpc) is 2.75. The minimum atomic E-state index is -0.0959. The Bertz CT molecular complexity index is 338. The number of cyclic esters (lactones) is 1. The first-order chi connectivity index (χ1) is 9.11. The summed E-state index contributed by atoms with van der Waals surface area (Å²) >= 11 is 0. The number of carbonyl (C=O) groups excluding carboxylic acids is 2. The Hall–Kier alpha value is -1.10. The first-order valence-electron chi connectivity index (χ1n) is 7.34. The van der Waals surface area contributed by atoms with Crippen molar-refractivity contribution >= 4 is 11.9 Å². The van der Waals surface area contributed by atoms with Gasteiger partial charge in [0, 0.05) is 18.9 Å². The van der Waals surface area contributed by atoms with Gasteiger partial charge in [0.1, 0.15) is 12.1 Å². The third-order valence-electron chi connectivity index (χ3n) is 4.03. The van der Waals surface area contributed by atoms with Crippen LogP contribution in [-0.2, 0) is 14.3 Å². The Labute approximate surface area is 114 Å². The van der Waals surface area contributed by atoms with E-state index in [2.05, 4.69) is 17.1 Å². The third kappa shape index (κ3) is 3.47. The Balaban J connectivity index is 1.79. The van der Waals surface area contributed by atoms with E-state index in [1.54, 1.807) is 0 Å². The molecule has 2 unspecified atom stereocenters. The largest absolute Gasteiger partial charge is 0.461 e. The Morgan fingerprint density at radius 3 is 2.63 bits per heavy atom. The highest BCUT2D eigenvalue weighted by atomic mass is 16.6. The highest BCUT2D eigenvalue weighted by Crippen LogP contribution is 2.25. The number of nitrogens with zero attached hydrogens (tertiary/aromatic N) is 1. The van der Waals surface area contributed by atoms with Crippen molar-refractivity contribution in [2.45, 2.75) is 51.7 Å². The first-order valence-corrected chi connectivity index (χ1v) is 7.34. The summed E-state index contributed by atoms with van der Waals surface area (Å²) in [6, 6.07) is -0.0883. The van der Waals surface area contributed by atoms with Gasteiger partial charge in [0.15, 0.2) is 0 Å². The molecule has 19 heavy (non-hydrogen) atoms. The summed E-state index contributed by atoms with van der Waals surface area (Å²) < 4.78 is 5.19. The van der Waals surface area contributed by atoms with Crippen LogP contribution < -0.4 is 5.32 Å². The molecule has 0 aromatic carbocycles. The highest BCUT2D eigenvalue weighted by Gasteiger charge is 2.38. The molecular weight excluding hydrogens is 244 g/mol. The molecule has 0 aromatic rings. The number of hydrogen-bond acceptors (Lipinski definition) is 4. The van der Waals surface area contributed by atoms with Crippen LogP contribution in [-0.4, -0.2) is 48.6 Å². The number of likely N-dealkylation sites (tertiary alicyclic amines) is 1. The highest BCUT2D eigenvalue weighted by molar-refractivity contribution is 5.79. The van der Waals surface area contributed by atoms with Gasteiger partial charge in [-0.25, -0.2) is 0 Å². The molecule has 2 saturated heterocycles. The zero-order chi connectivity index (χ0) is 13.8. The van der Waals surface area contributed by atoms with E-state index in [0.717, 1.165) is 45.3 Å². The number of esters is 1. The number of hydrogen-bond donors (Lipinski definition) is 1. The van der Waals surface area contributed by atoms with Gasteiger partial charge in [-0.15, -0.1) is 0 Å². The van der Waals surface area contributed by atoms with Crippen LogP contribution in [0.4, 0.5) is 0 Å². The zero-order valence-corrected chi connectivity index (χ0v) is 11.9. The lowest BCUT2D eigenvalue weighted by Crippen LogP contribution is -2.46. The Morgan fingerprint density at radius 1 is 1.42 bits per heavy atom. The second kappa shape index (κ2) is 6.37. The number of piperidine rings is 1. The fraction of sp³-hybridized carbons (Fsp3) is 0.857. The molecule has 0 radical (unpaired) electrons. The summed E-state index contributed by atoms with van der Waals surface area (Å²) in [7, 11) is 0. The van der Waals surface area contributed by atoms with Gasteiger partial charge in [-0.05, 0) is 39.3 Å². The monoisotopic (exact) mass is 268 g/mol. The van der Waals surface area contributed by atoms with Gasteiger partial charge in [-0.2, -0.15) is 0 Å². The van der Waals surface area contributed by atoms with Crippen molar-refractivity contribution in [2.75, 3.05) is 19.6 Å². The van der Waals surface area contributed by atoms with Crippen LogP contribution in [0.2, 0.25) is 0 Å². The lowest BCUT2D eigenvalue weighted by atomic mass is 9.94. The Kier molecular flexibility index (Phi) is 4.80. The molecule has 2 aliphatic rings. The smallest absolute Gasteiger partial charge is 0.323 e. The second-order valence-corrected chi connectivity index (χ2v) is 5.60. The number of rotatable bonds is 4. The standard InChI is InChI=1S/C14H24N2O3/c1-3-6-15-13(17)11-4-7-16(8-5-11)12-9-10(2)19-14(12)18/h10-12H,3-9H2,1-2H3,(H,15,17). The van der Waals surface area contributed by atoms with Crippen LogP contribution in [0.15, 0.2) is 0 Å². The van der Waals surface area contributed by atoms with Gasteiger partial charge < -0.3 is 10.1 Å². The van der Waals surface area contributed by atoms with Gasteiger partial charge in [0.2, 0.25) is 5.91 Å². The number of amides is 1. The predicted molar refractivity (Wildman–Crippen MR) is 71.6 cm³/mol. The average molecular weight is 268 g/mol. The van der Waals surface area contributed by atoms with E-state index in [4.69, 9.17) is 4.74 Å². The lowest BCUT2D eigenvalue weighted by molar-refractivity contribution is -0.145. The molecule has 0 saturated carbocycles. The van der Waals surface area contributed by atoms with E-state index < -0.39 is 0 Å². The molecule has 0 bridgehead atoms. The van der Waals surface area contributed by atoms with Gasteiger partial charge in [-0.1, -0.05) is 6.92 Å². The lowest BCUT2D eigenvalue weighted by Gasteiger charge is -2.33. The van der Waals surface area contributed by atoms with E-state index in [-0.39, 0.29) is 29.9 Å². The van der Waals surface area contributed by atoms with Crippen LogP contribution in [0.3, 0.4) is 0 Å². The number of ether oxygens (including phenoxy) is 1. The molecule has 2 rings (SSSR count). The van der Waals surface area contributed by atoms with Crippen molar-refractivity contribution in [1.82, 2.24) is 10.2 Å². The minimum Gasteiger partial charge on any atom is -0.461 e. The van der Waals surface area contributed by atoms with Crippen LogP contribution in [0.5, 0.6) is 0 Å². The molecule has 2 heterocycles. The van der Waals surface area contributed by atoms with Gasteiger partial charge >= 0.3 is 5.97 Å². The van der Waals surface area contributed by atoms with Crippen molar-refractivity contribution < 1.29 is 14.3 Å². The van der Waals surface area contributed by atoms with Gasteiger partial charge in [0.05, 0.1) is 0 Å². The molecule has 2 fully saturated rings. The fourth-order valence-corrected chi connectivity index (χ4v) is 2.90. The van der Waals surface area contributed by atoms with Crippen LogP contribution >= 0.6 is 0 Å². The molecule has 0 spiro atoms. The maximum absolute atomic E-state index is 11.9. The fourth-order valence-electron chi connectivity index (χ4n) is 2.90. The number of nitrogens with one attached hydrogen (secondary N) is 1. The van der Waals surface area contributed by atoms with E-state index in [1.807, 2.05) is 6.92 Å². The molecule has 108 valence electrons. The summed E-state index contributed by atoms with van der Waals surface area (Å²) in [6.07, 6.45) is 3.46. The molecule has 2 aliphatic heterocycles. The molecule has 0 aliphatic carbocycles. The molecular formula is C14H24N2O3. The minimum absolute atomic E-state index is 0.0306. The molecule has 0 aromatic heterocycles. The summed E-state index contributed by atoms with van der Waals surface area (Å²) in [4.78, 5) is 25.8. The van der Waals surface area contributed by atoms with E-state index in [0.29, 0.717) is 0 Å². The summed E-state index contributed by atoms with van der Waals surface area (Å²) in [6.45, 7) is 6.37. The van der Waals surface area contributed by atoms with Crippen LogP contribution in [0.25, 0.3) is 0 Å². The molecule has 1 amide bonds. The van der Waals surface area contributed by atoms with Crippen molar-refractivity contribution in [3.8, 4) is 0 Å². The maximum Gasteiger partial charge on any atom is 0.323 e. The topological polar surface area (TPSA) is 58.6 Å². The Morgan fingerprint density at radius 2 is 2.11 bits per heavy atom. The first kappa shape index (κ1) is 14.3. The summed E-state index contributed by atoms with van der Waals surface area (Å²) in [5.74, 6) is 0.183. The molecule has 2 atom stereocenters. The summed E-state index contributed by atoms with van der Waals surface area (Å²) in [5.41, 5.74) is 0. The van der Waals surface area contributed by atoms with Gasteiger partial charge in [0.25, 0.3) is 0 Å². The van der Waals surface area contributed by atoms with Crippen molar-refractivity contribution in [3.05, 3.63) is 0 Å². The third-order valence-corrected chi connectivity index (χ3v) is 4.03. The quantitative estimate of drug-likeness (QED) is 0.771. The van der Waals surface area contributed by atoms with Crippen molar-refractivity contribution in [1.29, 1.82) is 0 Å². The van der Waals surface area contributed by atoms with Crippen molar-refractivity contribution in [3.63, 3.8) is 0 Å². The van der Waals surface area contributed by atoms with Crippen molar-refractivity contribution in [2.24, 2.45) is 5.92 Å². The SMILES string of the molecule is CCCNC(=O)C1CCN(C2CC(C)OC2=O)CC1. The normalized spacial score (nSPS) is 29.3. The molecule has 5 heteroatoms. The predicted octanol–water partition coefficient (Wildman–Crippen LogP) is 0.929. The summed E-state index contributed by atoms with van der Waals surface area (Å²) in [5, 5.41) is 2.95. The van der Waals surface area contributed by atoms with Gasteiger partial charge in [-0.3, -0.25) is 14.5 Å². The zero-order valence-electron chi connectivity index (χ0n) is 11.9.